The molecule has 0 spiro atoms. The van der Waals surface area contributed by atoms with E-state index in [9.17, 15) is 13.2 Å². The maximum absolute atomic E-state index is 12.3. The van der Waals surface area contributed by atoms with E-state index in [0.717, 1.165) is 0 Å². The van der Waals surface area contributed by atoms with Crippen molar-refractivity contribution >= 4 is 38.7 Å². The number of hydrogen-bond acceptors (Lipinski definition) is 4. The second kappa shape index (κ2) is 5.02. The molecule has 0 saturated carbocycles. The summed E-state index contributed by atoms with van der Waals surface area (Å²) in [5.41, 5.74) is 6.74. The third-order valence-corrected chi connectivity index (χ3v) is 5.27. The Morgan fingerprint density at radius 2 is 2.16 bits per heavy atom. The van der Waals surface area contributed by atoms with Gasteiger partial charge in [-0.25, -0.2) is 8.42 Å². The average Bonchev–Trinajstić information content (AvgIpc) is 2.71. The smallest absolute Gasteiger partial charge is 0.230 e. The van der Waals surface area contributed by atoms with Crippen molar-refractivity contribution in [1.29, 1.82) is 0 Å². The lowest BCUT2D eigenvalue weighted by Gasteiger charge is -2.22. The first-order chi connectivity index (χ1) is 8.80. The van der Waals surface area contributed by atoms with Gasteiger partial charge in [0.1, 0.15) is 0 Å². The van der Waals surface area contributed by atoms with Gasteiger partial charge in [-0.15, -0.1) is 0 Å². The highest BCUT2D eigenvalue weighted by Crippen LogP contribution is 2.29. The minimum atomic E-state index is -3.08. The molecule has 1 aromatic carbocycles. The zero-order valence-electron chi connectivity index (χ0n) is 10.5. The molecule has 1 aromatic rings. The number of carbonyl (C=O) groups is 1. The molecule has 1 aliphatic rings. The number of amides is 1. The third kappa shape index (κ3) is 3.01. The van der Waals surface area contributed by atoms with Crippen LogP contribution in [-0.2, 0) is 14.6 Å². The molecule has 0 bridgehead atoms. The molecule has 1 unspecified atom stereocenters. The quantitative estimate of drug-likeness (QED) is 0.836. The highest BCUT2D eigenvalue weighted by molar-refractivity contribution is 7.91. The monoisotopic (exact) mass is 302 g/mol. The lowest BCUT2D eigenvalue weighted by Crippen LogP contribution is -2.34. The van der Waals surface area contributed by atoms with E-state index in [-0.39, 0.29) is 17.4 Å². The predicted octanol–water partition coefficient (Wildman–Crippen LogP) is 1.32. The molecule has 2 rings (SSSR count). The Labute approximate surface area is 117 Å². The topological polar surface area (TPSA) is 80.5 Å². The Hall–Kier alpha value is -1.27. The summed E-state index contributed by atoms with van der Waals surface area (Å²) in [6.07, 6.45) is 0.367. The van der Waals surface area contributed by atoms with E-state index in [1.807, 2.05) is 0 Å². The fourth-order valence-electron chi connectivity index (χ4n) is 2.19. The molecule has 1 atom stereocenters. The van der Waals surface area contributed by atoms with E-state index in [2.05, 4.69) is 0 Å². The molecule has 1 saturated heterocycles. The van der Waals surface area contributed by atoms with Crippen LogP contribution in [-0.4, -0.2) is 32.9 Å². The molecule has 19 heavy (non-hydrogen) atoms. The largest absolute Gasteiger partial charge is 0.397 e. The number of anilines is 2. The summed E-state index contributed by atoms with van der Waals surface area (Å²) in [7, 11) is -1.50. The van der Waals surface area contributed by atoms with Gasteiger partial charge in [0.2, 0.25) is 5.91 Å². The number of sulfone groups is 1. The summed E-state index contributed by atoms with van der Waals surface area (Å²) < 4.78 is 22.8. The summed E-state index contributed by atoms with van der Waals surface area (Å²) in [5.74, 6) is -0.748. The summed E-state index contributed by atoms with van der Waals surface area (Å²) >= 11 is 5.88. The first-order valence-corrected chi connectivity index (χ1v) is 8.03. The average molecular weight is 303 g/mol. The Bertz CT molecular complexity index is 615. The summed E-state index contributed by atoms with van der Waals surface area (Å²) in [5, 5.41) is 0.475. The van der Waals surface area contributed by atoms with Crippen LogP contribution in [0.4, 0.5) is 11.4 Å². The number of carbonyl (C=O) groups excluding carboxylic acids is 1. The molecular formula is C12H15ClN2O3S. The Balaban J connectivity index is 2.22. The molecule has 2 N–H and O–H groups in total. The SMILES string of the molecule is CN(C(=O)C1CCS(=O)(=O)C1)c1cc(Cl)ccc1N. The van der Waals surface area contributed by atoms with E-state index in [4.69, 9.17) is 17.3 Å². The molecule has 1 heterocycles. The molecule has 1 amide bonds. The number of nitrogens with zero attached hydrogens (tertiary/aromatic N) is 1. The normalized spacial score (nSPS) is 21.3. The van der Waals surface area contributed by atoms with E-state index in [0.29, 0.717) is 22.8 Å². The van der Waals surface area contributed by atoms with Crippen molar-refractivity contribution in [3.63, 3.8) is 0 Å². The first-order valence-electron chi connectivity index (χ1n) is 5.83. The number of nitrogens with two attached hydrogens (primary N) is 1. The standard InChI is InChI=1S/C12H15ClN2O3S/c1-15(11-6-9(13)2-3-10(11)14)12(16)8-4-5-19(17,18)7-8/h2-3,6,8H,4-5,7,14H2,1H3. The van der Waals surface area contributed by atoms with Gasteiger partial charge in [0.05, 0.1) is 28.8 Å². The zero-order chi connectivity index (χ0) is 14.2. The van der Waals surface area contributed by atoms with Crippen LogP contribution >= 0.6 is 11.6 Å². The molecule has 0 aliphatic carbocycles. The van der Waals surface area contributed by atoms with Gasteiger partial charge >= 0.3 is 0 Å². The Morgan fingerprint density at radius 1 is 1.47 bits per heavy atom. The number of halogens is 1. The van der Waals surface area contributed by atoms with Gasteiger partial charge in [0.15, 0.2) is 9.84 Å². The molecule has 0 radical (unpaired) electrons. The van der Waals surface area contributed by atoms with Gasteiger partial charge < -0.3 is 10.6 Å². The maximum atomic E-state index is 12.3. The third-order valence-electron chi connectivity index (χ3n) is 3.27. The maximum Gasteiger partial charge on any atom is 0.230 e. The van der Waals surface area contributed by atoms with Crippen molar-refractivity contribution in [2.24, 2.45) is 5.92 Å². The highest BCUT2D eigenvalue weighted by Gasteiger charge is 2.35. The Morgan fingerprint density at radius 3 is 2.74 bits per heavy atom. The first kappa shape index (κ1) is 14.1. The lowest BCUT2D eigenvalue weighted by atomic mass is 10.1. The van der Waals surface area contributed by atoms with E-state index >= 15 is 0 Å². The molecule has 104 valence electrons. The van der Waals surface area contributed by atoms with Gasteiger partial charge in [-0.05, 0) is 24.6 Å². The fraction of sp³-hybridized carbons (Fsp3) is 0.417. The predicted molar refractivity (Wildman–Crippen MR) is 76.0 cm³/mol. The molecule has 7 heteroatoms. The number of nitrogen functional groups attached to an aromatic ring is 1. The van der Waals surface area contributed by atoms with Crippen molar-refractivity contribution in [1.82, 2.24) is 0 Å². The Kier molecular flexibility index (Phi) is 3.73. The van der Waals surface area contributed by atoms with Crippen LogP contribution in [0.1, 0.15) is 6.42 Å². The van der Waals surface area contributed by atoms with Gasteiger partial charge in [-0.1, -0.05) is 11.6 Å². The number of benzene rings is 1. The van der Waals surface area contributed by atoms with Gasteiger partial charge in [0, 0.05) is 12.1 Å². The molecular weight excluding hydrogens is 288 g/mol. The van der Waals surface area contributed by atoms with Crippen LogP contribution in [0.15, 0.2) is 18.2 Å². The molecule has 1 aliphatic heterocycles. The zero-order valence-corrected chi connectivity index (χ0v) is 12.0. The van der Waals surface area contributed by atoms with Gasteiger partial charge in [-0.3, -0.25) is 4.79 Å². The molecule has 0 aromatic heterocycles. The number of rotatable bonds is 2. The van der Waals surface area contributed by atoms with Crippen LogP contribution in [0.5, 0.6) is 0 Å². The van der Waals surface area contributed by atoms with Crippen molar-refractivity contribution in [3.05, 3.63) is 23.2 Å². The van der Waals surface area contributed by atoms with Gasteiger partial charge in [-0.2, -0.15) is 0 Å². The van der Waals surface area contributed by atoms with Crippen LogP contribution in [0, 0.1) is 5.92 Å². The van der Waals surface area contributed by atoms with E-state index in [1.165, 1.54) is 4.90 Å². The fourth-order valence-corrected chi connectivity index (χ4v) is 4.09. The summed E-state index contributed by atoms with van der Waals surface area (Å²) in [4.78, 5) is 13.6. The van der Waals surface area contributed by atoms with Crippen LogP contribution < -0.4 is 10.6 Å². The van der Waals surface area contributed by atoms with Crippen LogP contribution in [0.3, 0.4) is 0 Å². The summed E-state index contributed by atoms with van der Waals surface area (Å²) in [6.45, 7) is 0. The molecule has 5 nitrogen and oxygen atoms in total. The van der Waals surface area contributed by atoms with Gasteiger partial charge in [0.25, 0.3) is 0 Å². The molecule has 1 fully saturated rings. The lowest BCUT2D eigenvalue weighted by molar-refractivity contribution is -0.121. The minimum absolute atomic E-state index is 0.0717. The van der Waals surface area contributed by atoms with Crippen LogP contribution in [0.2, 0.25) is 5.02 Å². The van der Waals surface area contributed by atoms with Crippen molar-refractivity contribution in [2.75, 3.05) is 29.2 Å². The summed E-state index contributed by atoms with van der Waals surface area (Å²) in [6, 6.07) is 4.85. The number of hydrogen-bond donors (Lipinski definition) is 1. The highest BCUT2D eigenvalue weighted by atomic mass is 35.5. The van der Waals surface area contributed by atoms with Crippen molar-refractivity contribution in [2.45, 2.75) is 6.42 Å². The van der Waals surface area contributed by atoms with Crippen molar-refractivity contribution in [3.8, 4) is 0 Å². The van der Waals surface area contributed by atoms with Crippen molar-refractivity contribution < 1.29 is 13.2 Å². The minimum Gasteiger partial charge on any atom is -0.397 e. The van der Waals surface area contributed by atoms with Crippen LogP contribution in [0.25, 0.3) is 0 Å². The second-order valence-corrected chi connectivity index (χ2v) is 7.37. The van der Waals surface area contributed by atoms with E-state index < -0.39 is 15.8 Å². The second-order valence-electron chi connectivity index (χ2n) is 4.70. The van der Waals surface area contributed by atoms with E-state index in [1.54, 1.807) is 25.2 Å².